The summed E-state index contributed by atoms with van der Waals surface area (Å²) in [5.74, 6) is 0. The van der Waals surface area contributed by atoms with Gasteiger partial charge in [-0.3, -0.25) is 0 Å². The van der Waals surface area contributed by atoms with Gasteiger partial charge in [0.05, 0.1) is 18.8 Å². The maximum Gasteiger partial charge on any atom is 0.236 e. The molecule has 0 bridgehead atoms. The Bertz CT molecular complexity index is 422. The van der Waals surface area contributed by atoms with Crippen LogP contribution in [0.3, 0.4) is 0 Å². The Kier molecular flexibility index (Phi) is 5.32. The van der Waals surface area contributed by atoms with Crippen LogP contribution in [-0.2, 0) is 23.2 Å². The number of hydrogen-bond acceptors (Lipinski definition) is 3. The lowest BCUT2D eigenvalue weighted by atomic mass is 9.94. The highest BCUT2D eigenvalue weighted by molar-refractivity contribution is 6.31. The number of rotatable bonds is 5. The summed E-state index contributed by atoms with van der Waals surface area (Å²) in [6.07, 6.45) is 0. The third-order valence-corrected chi connectivity index (χ3v) is 4.08. The smallest absolute Gasteiger partial charge is 0.236 e. The van der Waals surface area contributed by atoms with Gasteiger partial charge in [-0.05, 0) is 35.6 Å². The molecule has 0 fully saturated rings. The molecule has 0 unspecified atom stereocenters. The highest BCUT2D eigenvalue weighted by Gasteiger charge is 2.25. The average Bonchev–Trinajstić information content (AvgIpc) is 2.35. The molecule has 2 radical (unpaired) electrons. The van der Waals surface area contributed by atoms with Crippen LogP contribution in [0.5, 0.6) is 0 Å². The van der Waals surface area contributed by atoms with Gasteiger partial charge in [0.1, 0.15) is 0 Å². The molecular formula is C15H24O3Si. The van der Waals surface area contributed by atoms with Gasteiger partial charge in [-0.15, -0.1) is 0 Å². The maximum atomic E-state index is 9.35. The van der Waals surface area contributed by atoms with Gasteiger partial charge in [0.2, 0.25) is 9.76 Å². The number of hydrogen-bond donors (Lipinski definition) is 2. The van der Waals surface area contributed by atoms with Crippen LogP contribution in [-0.4, -0.2) is 20.0 Å². The Hall–Kier alpha value is -0.683. The second-order valence-corrected chi connectivity index (χ2v) is 8.17. The van der Waals surface area contributed by atoms with Gasteiger partial charge in [-0.2, -0.15) is 0 Å². The van der Waals surface area contributed by atoms with E-state index in [2.05, 4.69) is 20.8 Å². The average molecular weight is 280 g/mol. The van der Waals surface area contributed by atoms with Gasteiger partial charge in [0.15, 0.2) is 0 Å². The van der Waals surface area contributed by atoms with E-state index in [-0.39, 0.29) is 18.3 Å². The Morgan fingerprint density at radius 3 is 2.05 bits per heavy atom. The van der Waals surface area contributed by atoms with Gasteiger partial charge in [-0.1, -0.05) is 39.0 Å². The van der Waals surface area contributed by atoms with Crippen LogP contribution >= 0.6 is 0 Å². The predicted octanol–water partition coefficient (Wildman–Crippen LogP) is 2.76. The quantitative estimate of drug-likeness (QED) is 0.815. The van der Waals surface area contributed by atoms with E-state index in [1.54, 1.807) is 0 Å². The van der Waals surface area contributed by atoms with Crippen molar-refractivity contribution in [3.05, 3.63) is 34.9 Å². The molecule has 4 heteroatoms. The van der Waals surface area contributed by atoms with Crippen molar-refractivity contribution in [3.8, 4) is 0 Å². The van der Waals surface area contributed by atoms with Crippen molar-refractivity contribution in [3.63, 3.8) is 0 Å². The molecule has 0 aromatic heterocycles. The second-order valence-electron chi connectivity index (χ2n) is 6.26. The molecule has 3 nitrogen and oxygen atoms in total. The van der Waals surface area contributed by atoms with Crippen LogP contribution in [0.15, 0.2) is 18.2 Å². The van der Waals surface area contributed by atoms with Crippen LogP contribution in [0.2, 0.25) is 5.04 Å². The molecule has 1 aromatic rings. The van der Waals surface area contributed by atoms with Crippen molar-refractivity contribution >= 4 is 9.76 Å². The van der Waals surface area contributed by atoms with E-state index >= 15 is 0 Å². The topological polar surface area (TPSA) is 49.7 Å². The maximum absolute atomic E-state index is 9.35. The molecule has 0 saturated heterocycles. The van der Waals surface area contributed by atoms with Crippen LogP contribution in [0, 0.1) is 0 Å². The minimum atomic E-state index is -0.399. The molecular weight excluding hydrogens is 256 g/mol. The van der Waals surface area contributed by atoms with E-state index < -0.39 is 5.60 Å². The van der Waals surface area contributed by atoms with E-state index in [0.717, 1.165) is 16.7 Å². The van der Waals surface area contributed by atoms with Crippen molar-refractivity contribution in [2.24, 2.45) is 0 Å². The van der Waals surface area contributed by atoms with Crippen LogP contribution in [0.4, 0.5) is 0 Å². The zero-order valence-corrected chi connectivity index (χ0v) is 13.4. The summed E-state index contributed by atoms with van der Waals surface area (Å²) in [4.78, 5) is 0. The highest BCUT2D eigenvalue weighted by atomic mass is 28.2. The summed E-state index contributed by atoms with van der Waals surface area (Å²) in [5, 5.41) is 18.7. The molecule has 0 amide bonds. The summed E-state index contributed by atoms with van der Waals surface area (Å²) < 4.78 is 6.04. The summed E-state index contributed by atoms with van der Waals surface area (Å²) in [6.45, 7) is 10.4. The minimum absolute atomic E-state index is 0.0544. The Morgan fingerprint density at radius 1 is 1.00 bits per heavy atom. The van der Waals surface area contributed by atoms with Crippen LogP contribution in [0.1, 0.15) is 51.3 Å². The fraction of sp³-hybridized carbons (Fsp3) is 0.600. The number of benzene rings is 1. The third-order valence-electron chi connectivity index (χ3n) is 2.85. The fourth-order valence-corrected chi connectivity index (χ4v) is 2.32. The number of aliphatic hydroxyl groups is 2. The van der Waals surface area contributed by atoms with E-state index in [1.165, 1.54) is 0 Å². The molecule has 0 aliphatic heterocycles. The first-order valence-electron chi connectivity index (χ1n) is 6.49. The molecule has 0 aliphatic carbocycles. The van der Waals surface area contributed by atoms with E-state index in [1.807, 2.05) is 32.0 Å². The molecule has 0 saturated carbocycles. The lowest BCUT2D eigenvalue weighted by Crippen LogP contribution is -2.27. The monoisotopic (exact) mass is 280 g/mol. The van der Waals surface area contributed by atoms with Crippen molar-refractivity contribution in [1.29, 1.82) is 0 Å². The Labute approximate surface area is 118 Å². The zero-order valence-electron chi connectivity index (χ0n) is 12.4. The third kappa shape index (κ3) is 4.73. The van der Waals surface area contributed by atoms with E-state index in [0.29, 0.717) is 9.76 Å². The molecule has 1 rings (SSSR count). The molecule has 0 aliphatic rings. The summed E-state index contributed by atoms with van der Waals surface area (Å²) >= 11 is 0. The SMILES string of the molecule is CC(C)(C)[Si]OC(C)(C)c1ccc(CO)c(CO)c1. The summed E-state index contributed by atoms with van der Waals surface area (Å²) in [6, 6.07) is 5.72. The van der Waals surface area contributed by atoms with E-state index in [9.17, 15) is 10.2 Å². The molecule has 19 heavy (non-hydrogen) atoms. The Morgan fingerprint density at radius 2 is 1.58 bits per heavy atom. The van der Waals surface area contributed by atoms with Crippen LogP contribution < -0.4 is 0 Å². The minimum Gasteiger partial charge on any atom is -0.408 e. The first kappa shape index (κ1) is 16.4. The van der Waals surface area contributed by atoms with E-state index in [4.69, 9.17) is 4.43 Å². The van der Waals surface area contributed by atoms with Crippen molar-refractivity contribution < 1.29 is 14.6 Å². The van der Waals surface area contributed by atoms with Crippen molar-refractivity contribution in [1.82, 2.24) is 0 Å². The lowest BCUT2D eigenvalue weighted by molar-refractivity contribution is 0.109. The predicted molar refractivity (Wildman–Crippen MR) is 77.9 cm³/mol. The summed E-state index contributed by atoms with van der Waals surface area (Å²) in [5.41, 5.74) is 2.14. The van der Waals surface area contributed by atoms with Gasteiger partial charge < -0.3 is 14.6 Å². The molecule has 106 valence electrons. The largest absolute Gasteiger partial charge is 0.408 e. The standard InChI is InChI=1S/C15H24O3Si/c1-14(2,3)19-18-15(4,5)13-7-6-11(9-16)12(8-13)10-17/h6-8,16-17H,9-10H2,1-5H3. The normalized spacial score (nSPS) is 12.8. The Balaban J connectivity index is 2.94. The van der Waals surface area contributed by atoms with Gasteiger partial charge in [0, 0.05) is 0 Å². The highest BCUT2D eigenvalue weighted by Crippen LogP contribution is 2.30. The fourth-order valence-electron chi connectivity index (χ4n) is 1.64. The molecule has 0 atom stereocenters. The van der Waals surface area contributed by atoms with Gasteiger partial charge in [0.25, 0.3) is 0 Å². The van der Waals surface area contributed by atoms with Crippen LogP contribution in [0.25, 0.3) is 0 Å². The molecule has 0 spiro atoms. The van der Waals surface area contributed by atoms with Gasteiger partial charge in [-0.25, -0.2) is 0 Å². The molecule has 1 aromatic carbocycles. The molecule has 0 heterocycles. The first-order chi connectivity index (χ1) is 8.69. The molecule has 2 N–H and O–H groups in total. The van der Waals surface area contributed by atoms with Crippen molar-refractivity contribution in [2.45, 2.75) is 58.5 Å². The second kappa shape index (κ2) is 6.18. The lowest BCUT2D eigenvalue weighted by Gasteiger charge is -2.30. The van der Waals surface area contributed by atoms with Gasteiger partial charge >= 0.3 is 0 Å². The summed E-state index contributed by atoms with van der Waals surface area (Å²) in [7, 11) is 0.402. The first-order valence-corrected chi connectivity index (χ1v) is 7.39. The zero-order chi connectivity index (χ0) is 14.7. The number of aliphatic hydroxyl groups excluding tert-OH is 2. The van der Waals surface area contributed by atoms with Crippen molar-refractivity contribution in [2.75, 3.05) is 0 Å².